The number of benzene rings is 2. The van der Waals surface area contributed by atoms with Gasteiger partial charge >= 0.3 is 6.18 Å². The Balaban J connectivity index is 0.755. The van der Waals surface area contributed by atoms with Crippen molar-refractivity contribution in [1.82, 2.24) is 40.2 Å². The average molecular weight is 961 g/mol. The number of ether oxygens (including phenoxy) is 3. The normalized spacial score (nSPS) is 16.5. The molecule has 1 aliphatic heterocycles. The van der Waals surface area contributed by atoms with Gasteiger partial charge in [0.2, 0.25) is 23.6 Å². The van der Waals surface area contributed by atoms with Crippen molar-refractivity contribution in [2.24, 2.45) is 18.4 Å². The van der Waals surface area contributed by atoms with Crippen molar-refractivity contribution in [3.05, 3.63) is 94.4 Å². The Morgan fingerprint density at radius 2 is 1.63 bits per heavy atom. The van der Waals surface area contributed by atoms with Crippen molar-refractivity contribution >= 4 is 52.1 Å². The van der Waals surface area contributed by atoms with Gasteiger partial charge in [-0.05, 0) is 85.1 Å². The number of alkyl halides is 3. The highest BCUT2D eigenvalue weighted by Gasteiger charge is 2.42. The number of carbonyl (C=O) groups is 4. The first kappa shape index (κ1) is 50.0. The first-order chi connectivity index (χ1) is 32.5. The third-order valence-electron chi connectivity index (χ3n) is 12.0. The lowest BCUT2D eigenvalue weighted by Crippen LogP contribution is -2.58. The Morgan fingerprint density at radius 1 is 0.912 bits per heavy atom. The summed E-state index contributed by atoms with van der Waals surface area (Å²) in [5.41, 5.74) is 6.27. The Bertz CT molecular complexity index is 2580. The maximum atomic E-state index is 13.9. The van der Waals surface area contributed by atoms with Gasteiger partial charge in [-0.25, -0.2) is 4.98 Å². The minimum absolute atomic E-state index is 0.169. The number of thiazole rings is 1. The number of hydrogen-bond acceptors (Lipinski definition) is 10. The van der Waals surface area contributed by atoms with Crippen LogP contribution in [-0.4, -0.2) is 113 Å². The molecule has 4 heterocycles. The quantitative estimate of drug-likeness (QED) is 0.0748. The summed E-state index contributed by atoms with van der Waals surface area (Å²) >= 11 is 1.58. The fourth-order valence-electron chi connectivity index (χ4n) is 8.48. The molecular weight excluding hydrogens is 902 g/mol. The van der Waals surface area contributed by atoms with E-state index in [1.165, 1.54) is 12.1 Å². The zero-order valence-electron chi connectivity index (χ0n) is 39.0. The van der Waals surface area contributed by atoms with E-state index < -0.39 is 41.1 Å². The Morgan fingerprint density at radius 3 is 2.32 bits per heavy atom. The number of halogens is 3. The fourth-order valence-corrected chi connectivity index (χ4v) is 9.29. The SMILES string of the molecule is Cc1ncsc1-c1ccc(CNC(=O)C2CCCN2C(=O)C(NC(=O)COCCCOCCOCCNC(=O)C2C=Cc3c(c4cn(C)nc4n3-c3ccc(C(F)(F)F)cc3)C2)C(C)(C)C)cc1. The molecule has 3 N–H and O–H groups in total. The van der Waals surface area contributed by atoms with E-state index in [4.69, 9.17) is 14.2 Å². The largest absolute Gasteiger partial charge is 0.416 e. The summed E-state index contributed by atoms with van der Waals surface area (Å²) in [7, 11) is 1.77. The number of amides is 4. The standard InChI is InChI=1S/C49H59F3N8O7S/c1-31-42(68-30-55-31)33-11-9-32(10-12-33)27-54-46(63)40-8-6-20-59(40)47(64)43(48(2,3)4)56-41(61)29-67-22-7-21-65-24-25-66-23-19-53-45(62)34-13-18-39-37(26-34)38-28-58(5)57-44(38)60(39)36-16-14-35(15-17-36)49(50,51)52/h9-18,28,30,34,40,43H,6-8,19-27,29H2,1-5H3,(H,53,62)(H,54,63)(H,56,61). The van der Waals surface area contributed by atoms with Crippen LogP contribution in [0.25, 0.3) is 33.2 Å². The topological polar surface area (TPSA) is 171 Å². The van der Waals surface area contributed by atoms with Gasteiger partial charge < -0.3 is 35.1 Å². The lowest BCUT2D eigenvalue weighted by molar-refractivity contribution is -0.144. The summed E-state index contributed by atoms with van der Waals surface area (Å²) in [5, 5.41) is 14.2. The lowest BCUT2D eigenvalue weighted by atomic mass is 9.85. The van der Waals surface area contributed by atoms with Crippen LogP contribution in [0.4, 0.5) is 13.2 Å². The number of rotatable bonds is 20. The predicted octanol–water partition coefficient (Wildman–Crippen LogP) is 6.39. The molecule has 15 nitrogen and oxygen atoms in total. The van der Waals surface area contributed by atoms with Crippen LogP contribution in [0.2, 0.25) is 0 Å². The van der Waals surface area contributed by atoms with Crippen LogP contribution >= 0.6 is 11.3 Å². The third-order valence-corrected chi connectivity index (χ3v) is 13.0. The minimum Gasteiger partial charge on any atom is -0.379 e. The molecule has 1 aliphatic carbocycles. The van der Waals surface area contributed by atoms with E-state index in [2.05, 4.69) is 26.0 Å². The van der Waals surface area contributed by atoms with Gasteiger partial charge in [-0.15, -0.1) is 11.3 Å². The van der Waals surface area contributed by atoms with Crippen LogP contribution in [0.5, 0.6) is 0 Å². The molecule has 68 heavy (non-hydrogen) atoms. The second-order valence-electron chi connectivity index (χ2n) is 18.1. The summed E-state index contributed by atoms with van der Waals surface area (Å²) in [6.45, 7) is 9.96. The molecular formula is C49H59F3N8O7S. The molecule has 7 rings (SSSR count). The molecule has 1 saturated heterocycles. The van der Waals surface area contributed by atoms with Gasteiger partial charge in [0, 0.05) is 57.2 Å². The number of fused-ring (bicyclic) bond motifs is 3. The van der Waals surface area contributed by atoms with Gasteiger partial charge in [-0.3, -0.25) is 28.4 Å². The average Bonchev–Trinajstić information content (AvgIpc) is 4.11. The van der Waals surface area contributed by atoms with Crippen molar-refractivity contribution in [1.29, 1.82) is 0 Å². The highest BCUT2D eigenvalue weighted by molar-refractivity contribution is 7.13. The predicted molar refractivity (Wildman–Crippen MR) is 252 cm³/mol. The first-order valence-electron chi connectivity index (χ1n) is 22.8. The maximum absolute atomic E-state index is 13.9. The highest BCUT2D eigenvalue weighted by Crippen LogP contribution is 2.36. The molecule has 364 valence electrons. The van der Waals surface area contributed by atoms with Gasteiger partial charge in [0.05, 0.1) is 53.1 Å². The van der Waals surface area contributed by atoms with Crippen LogP contribution in [0.3, 0.4) is 0 Å². The Labute approximate surface area is 397 Å². The molecule has 3 unspecified atom stereocenters. The van der Waals surface area contributed by atoms with Crippen molar-refractivity contribution in [3.63, 3.8) is 0 Å². The monoisotopic (exact) mass is 960 g/mol. The molecule has 4 amide bonds. The van der Waals surface area contributed by atoms with Crippen LogP contribution in [0, 0.1) is 18.3 Å². The van der Waals surface area contributed by atoms with Gasteiger partial charge in [0.25, 0.3) is 0 Å². The second kappa shape index (κ2) is 22.0. The fraction of sp³-hybridized carbons (Fsp3) is 0.469. The van der Waals surface area contributed by atoms with E-state index in [-0.39, 0.29) is 37.5 Å². The van der Waals surface area contributed by atoms with Crippen LogP contribution in [0.1, 0.15) is 68.1 Å². The number of carbonyl (C=O) groups excluding carboxylic acids is 4. The maximum Gasteiger partial charge on any atom is 0.416 e. The van der Waals surface area contributed by atoms with E-state index in [0.29, 0.717) is 76.5 Å². The summed E-state index contributed by atoms with van der Waals surface area (Å²) in [6, 6.07) is 11.4. The lowest BCUT2D eigenvalue weighted by Gasteiger charge is -2.35. The highest BCUT2D eigenvalue weighted by atomic mass is 32.1. The second-order valence-corrected chi connectivity index (χ2v) is 19.0. The molecule has 0 radical (unpaired) electrons. The van der Waals surface area contributed by atoms with Gasteiger partial charge in [-0.2, -0.15) is 18.3 Å². The van der Waals surface area contributed by atoms with E-state index in [0.717, 1.165) is 50.5 Å². The van der Waals surface area contributed by atoms with Crippen LogP contribution in [-0.2, 0) is 59.6 Å². The van der Waals surface area contributed by atoms with Crippen molar-refractivity contribution < 1.29 is 46.6 Å². The molecule has 0 saturated carbocycles. The van der Waals surface area contributed by atoms with Gasteiger partial charge in [0.15, 0.2) is 5.65 Å². The Hall–Kier alpha value is -5.89. The zero-order chi connectivity index (χ0) is 48.6. The number of aryl methyl sites for hydroxylation is 2. The first-order valence-corrected chi connectivity index (χ1v) is 23.7. The minimum atomic E-state index is -4.44. The molecule has 0 bridgehead atoms. The van der Waals surface area contributed by atoms with Crippen molar-refractivity contribution in [2.45, 2.75) is 78.2 Å². The number of nitrogens with zero attached hydrogens (tertiary/aromatic N) is 5. The third kappa shape index (κ3) is 12.2. The number of hydrogen-bond donors (Lipinski definition) is 3. The molecule has 2 aliphatic rings. The van der Waals surface area contributed by atoms with Gasteiger partial charge in [0.1, 0.15) is 18.7 Å². The zero-order valence-corrected chi connectivity index (χ0v) is 39.8. The van der Waals surface area contributed by atoms with Crippen molar-refractivity contribution in [2.75, 3.05) is 52.7 Å². The van der Waals surface area contributed by atoms with Gasteiger partial charge in [-0.1, -0.05) is 51.1 Å². The van der Waals surface area contributed by atoms with E-state index >= 15 is 0 Å². The molecule has 19 heteroatoms. The van der Waals surface area contributed by atoms with E-state index in [1.54, 1.807) is 34.0 Å². The summed E-state index contributed by atoms with van der Waals surface area (Å²) < 4.78 is 60.0. The van der Waals surface area contributed by atoms with E-state index in [9.17, 15) is 32.3 Å². The number of nitrogens with one attached hydrogen (secondary N) is 3. The molecule has 0 spiro atoms. The molecule has 1 fully saturated rings. The smallest absolute Gasteiger partial charge is 0.379 e. The van der Waals surface area contributed by atoms with Crippen LogP contribution in [0.15, 0.2) is 66.3 Å². The number of likely N-dealkylation sites (tertiary alicyclic amines) is 1. The summed E-state index contributed by atoms with van der Waals surface area (Å²) in [6.07, 6.45) is 3.19. The summed E-state index contributed by atoms with van der Waals surface area (Å²) in [5.74, 6) is -1.57. The van der Waals surface area contributed by atoms with E-state index in [1.807, 2.05) is 74.3 Å². The molecule has 2 aromatic carbocycles. The van der Waals surface area contributed by atoms with Crippen LogP contribution < -0.4 is 16.0 Å². The summed E-state index contributed by atoms with van der Waals surface area (Å²) in [4.78, 5) is 60.4. The number of aromatic nitrogens is 4. The molecule has 5 aromatic rings. The van der Waals surface area contributed by atoms with Crippen molar-refractivity contribution in [3.8, 4) is 16.1 Å². The Kier molecular flexibility index (Phi) is 16.2. The molecule has 3 aromatic heterocycles. The molecule has 3 atom stereocenters.